The van der Waals surface area contributed by atoms with Gasteiger partial charge in [0.2, 0.25) is 5.91 Å². The molecule has 3 amide bonds. The number of halogens is 2. The third-order valence-electron chi connectivity index (χ3n) is 4.69. The molecule has 1 atom stereocenters. The van der Waals surface area contributed by atoms with E-state index in [4.69, 9.17) is 27.9 Å². The minimum Gasteiger partial charge on any atom is -0.455 e. The molecule has 2 aromatic rings. The van der Waals surface area contributed by atoms with Crippen LogP contribution in [0.4, 0.5) is 5.69 Å². The Hall–Kier alpha value is -3.10. The van der Waals surface area contributed by atoms with Gasteiger partial charge in [0, 0.05) is 34.3 Å². The summed E-state index contributed by atoms with van der Waals surface area (Å²) in [5, 5.41) is 0.996. The molecule has 1 aliphatic rings. The number of nitrogens with one attached hydrogen (secondary N) is 2. The van der Waals surface area contributed by atoms with Crippen molar-refractivity contribution in [3.05, 3.63) is 63.6 Å². The Morgan fingerprint density at radius 1 is 1.10 bits per heavy atom. The summed E-state index contributed by atoms with van der Waals surface area (Å²) in [7, 11) is 0. The van der Waals surface area contributed by atoms with Gasteiger partial charge in [-0.15, -0.1) is 0 Å². The predicted molar refractivity (Wildman–Crippen MR) is 115 cm³/mol. The van der Waals surface area contributed by atoms with Crippen molar-refractivity contribution in [1.29, 1.82) is 0 Å². The fourth-order valence-corrected chi connectivity index (χ4v) is 3.26. The van der Waals surface area contributed by atoms with Crippen LogP contribution in [-0.2, 0) is 19.1 Å². The van der Waals surface area contributed by atoms with Crippen LogP contribution in [0, 0.1) is 12.8 Å². The number of ether oxygens (including phenoxy) is 1. The molecule has 1 saturated heterocycles. The molecule has 0 aliphatic carbocycles. The maximum absolute atomic E-state index is 12.3. The number of nitrogens with zero attached hydrogens (tertiary/aromatic N) is 1. The molecule has 2 N–H and O–H groups in total. The topological polar surface area (TPSA) is 105 Å². The van der Waals surface area contributed by atoms with Crippen molar-refractivity contribution in [2.24, 2.45) is 5.92 Å². The van der Waals surface area contributed by atoms with E-state index in [0.717, 1.165) is 5.56 Å². The third-order valence-corrected chi connectivity index (χ3v) is 5.35. The minimum absolute atomic E-state index is 0.0285. The van der Waals surface area contributed by atoms with Crippen LogP contribution in [0.1, 0.15) is 22.3 Å². The molecular weight excluding hydrogens is 445 g/mol. The van der Waals surface area contributed by atoms with E-state index in [-0.39, 0.29) is 18.9 Å². The zero-order chi connectivity index (χ0) is 22.5. The van der Waals surface area contributed by atoms with Crippen LogP contribution in [0.5, 0.6) is 0 Å². The van der Waals surface area contributed by atoms with Gasteiger partial charge in [0.15, 0.2) is 6.61 Å². The molecule has 0 spiro atoms. The number of esters is 1. The molecule has 10 heteroatoms. The van der Waals surface area contributed by atoms with E-state index in [1.54, 1.807) is 18.2 Å². The molecule has 1 fully saturated rings. The number of carbonyl (C=O) groups excluding carboxylic acids is 4. The van der Waals surface area contributed by atoms with Gasteiger partial charge in [0.25, 0.3) is 11.8 Å². The molecule has 0 aromatic heterocycles. The number of amides is 3. The Labute approximate surface area is 188 Å². The highest BCUT2D eigenvalue weighted by atomic mass is 35.5. The Bertz CT molecular complexity index is 1030. The lowest BCUT2D eigenvalue weighted by Crippen LogP contribution is -2.43. The standard InChI is InChI=1S/C21H19Cl2N3O5/c1-12-2-7-16(9-17(12)23)26-10-14(8-19(26)28)21(30)31-11-18(27)24-25-20(29)13-3-5-15(22)6-4-13/h2-7,9,14H,8,10-11H2,1H3,(H,24,27)(H,25,29)/t14-/m1/s1. The molecule has 3 rings (SSSR count). The van der Waals surface area contributed by atoms with Crippen LogP contribution in [0.2, 0.25) is 10.0 Å². The first-order valence-corrected chi connectivity index (χ1v) is 10.1. The number of hydrogen-bond donors (Lipinski definition) is 2. The van der Waals surface area contributed by atoms with Crippen molar-refractivity contribution in [1.82, 2.24) is 10.9 Å². The normalized spacial score (nSPS) is 15.5. The highest BCUT2D eigenvalue weighted by molar-refractivity contribution is 6.31. The maximum Gasteiger partial charge on any atom is 0.311 e. The van der Waals surface area contributed by atoms with E-state index < -0.39 is 30.3 Å². The summed E-state index contributed by atoms with van der Waals surface area (Å²) in [5.74, 6) is -2.88. The fraction of sp³-hybridized carbons (Fsp3) is 0.238. The van der Waals surface area contributed by atoms with Crippen LogP contribution in [0.3, 0.4) is 0 Å². The average Bonchev–Trinajstić information content (AvgIpc) is 3.14. The summed E-state index contributed by atoms with van der Waals surface area (Å²) in [6.45, 7) is 1.38. The van der Waals surface area contributed by atoms with Crippen LogP contribution in [0.25, 0.3) is 0 Å². The molecule has 0 bridgehead atoms. The van der Waals surface area contributed by atoms with Gasteiger partial charge in [0.1, 0.15) is 0 Å². The zero-order valence-electron chi connectivity index (χ0n) is 16.5. The van der Waals surface area contributed by atoms with Crippen molar-refractivity contribution in [2.75, 3.05) is 18.1 Å². The second-order valence-corrected chi connectivity index (χ2v) is 7.80. The second kappa shape index (κ2) is 9.80. The van der Waals surface area contributed by atoms with Crippen LogP contribution < -0.4 is 15.8 Å². The van der Waals surface area contributed by atoms with Gasteiger partial charge in [-0.1, -0.05) is 29.3 Å². The van der Waals surface area contributed by atoms with Crippen molar-refractivity contribution in [2.45, 2.75) is 13.3 Å². The van der Waals surface area contributed by atoms with Gasteiger partial charge >= 0.3 is 5.97 Å². The number of hydrazine groups is 1. The first-order chi connectivity index (χ1) is 14.7. The number of aryl methyl sites for hydroxylation is 1. The summed E-state index contributed by atoms with van der Waals surface area (Å²) in [4.78, 5) is 49.8. The lowest BCUT2D eigenvalue weighted by Gasteiger charge is -2.17. The summed E-state index contributed by atoms with van der Waals surface area (Å²) in [6.07, 6.45) is -0.0285. The summed E-state index contributed by atoms with van der Waals surface area (Å²) >= 11 is 11.9. The lowest BCUT2D eigenvalue weighted by atomic mass is 10.1. The van der Waals surface area contributed by atoms with E-state index in [1.807, 2.05) is 6.92 Å². The number of rotatable bonds is 5. The van der Waals surface area contributed by atoms with Crippen LogP contribution >= 0.6 is 23.2 Å². The van der Waals surface area contributed by atoms with Crippen molar-refractivity contribution in [3.8, 4) is 0 Å². The van der Waals surface area contributed by atoms with E-state index >= 15 is 0 Å². The van der Waals surface area contributed by atoms with Gasteiger partial charge in [-0.3, -0.25) is 30.0 Å². The summed E-state index contributed by atoms with van der Waals surface area (Å²) in [6, 6.07) is 11.3. The number of carbonyl (C=O) groups is 4. The van der Waals surface area contributed by atoms with Gasteiger partial charge in [-0.05, 0) is 48.9 Å². The van der Waals surface area contributed by atoms with Crippen molar-refractivity contribution < 1.29 is 23.9 Å². The maximum atomic E-state index is 12.3. The van der Waals surface area contributed by atoms with Crippen LogP contribution in [-0.4, -0.2) is 36.8 Å². The van der Waals surface area contributed by atoms with Crippen LogP contribution in [0.15, 0.2) is 42.5 Å². The first-order valence-electron chi connectivity index (χ1n) is 9.32. The number of anilines is 1. The molecule has 0 unspecified atom stereocenters. The predicted octanol–water partition coefficient (Wildman–Crippen LogP) is 2.66. The Morgan fingerprint density at radius 3 is 2.48 bits per heavy atom. The molecule has 0 saturated carbocycles. The fourth-order valence-electron chi connectivity index (χ4n) is 2.96. The van der Waals surface area contributed by atoms with E-state index in [1.165, 1.54) is 29.2 Å². The van der Waals surface area contributed by atoms with Gasteiger partial charge in [-0.25, -0.2) is 0 Å². The third kappa shape index (κ3) is 5.74. The van der Waals surface area contributed by atoms with Crippen molar-refractivity contribution in [3.63, 3.8) is 0 Å². The molecular formula is C21H19Cl2N3O5. The number of hydrogen-bond acceptors (Lipinski definition) is 5. The summed E-state index contributed by atoms with van der Waals surface area (Å²) in [5.41, 5.74) is 6.13. The molecule has 31 heavy (non-hydrogen) atoms. The quantitative estimate of drug-likeness (QED) is 0.523. The lowest BCUT2D eigenvalue weighted by molar-refractivity contribution is -0.152. The monoisotopic (exact) mass is 463 g/mol. The highest BCUT2D eigenvalue weighted by Crippen LogP contribution is 2.29. The highest BCUT2D eigenvalue weighted by Gasteiger charge is 2.36. The van der Waals surface area contributed by atoms with E-state index in [0.29, 0.717) is 21.3 Å². The largest absolute Gasteiger partial charge is 0.455 e. The molecule has 8 nitrogen and oxygen atoms in total. The molecule has 0 radical (unpaired) electrons. The van der Waals surface area contributed by atoms with Gasteiger partial charge in [0.05, 0.1) is 5.92 Å². The Kier molecular flexibility index (Phi) is 7.14. The number of benzene rings is 2. The first kappa shape index (κ1) is 22.6. The smallest absolute Gasteiger partial charge is 0.311 e. The van der Waals surface area contributed by atoms with E-state index in [2.05, 4.69) is 10.9 Å². The average molecular weight is 464 g/mol. The van der Waals surface area contributed by atoms with Gasteiger partial charge < -0.3 is 9.64 Å². The molecule has 1 heterocycles. The van der Waals surface area contributed by atoms with Crippen molar-refractivity contribution >= 4 is 52.6 Å². The second-order valence-electron chi connectivity index (χ2n) is 6.96. The Balaban J connectivity index is 1.46. The minimum atomic E-state index is -0.720. The molecule has 1 aliphatic heterocycles. The van der Waals surface area contributed by atoms with Gasteiger partial charge in [-0.2, -0.15) is 0 Å². The Morgan fingerprint density at radius 2 is 1.81 bits per heavy atom. The molecule has 162 valence electrons. The van der Waals surface area contributed by atoms with E-state index in [9.17, 15) is 19.2 Å². The zero-order valence-corrected chi connectivity index (χ0v) is 18.0. The molecule has 2 aromatic carbocycles. The SMILES string of the molecule is Cc1ccc(N2C[C@H](C(=O)OCC(=O)NNC(=O)c3ccc(Cl)cc3)CC2=O)cc1Cl. The summed E-state index contributed by atoms with van der Waals surface area (Å²) < 4.78 is 4.99.